The molecule has 7 heteroatoms. The first-order valence-electron chi connectivity index (χ1n) is 9.91. The fourth-order valence-electron chi connectivity index (χ4n) is 3.69. The van der Waals surface area contributed by atoms with Gasteiger partial charge in [-0.25, -0.2) is 9.59 Å². The van der Waals surface area contributed by atoms with Gasteiger partial charge in [0.25, 0.3) is 0 Å². The zero-order chi connectivity index (χ0) is 21.3. The number of fused-ring (bicyclic) bond motifs is 2. The molecule has 3 rings (SSSR count). The van der Waals surface area contributed by atoms with Crippen molar-refractivity contribution >= 4 is 22.8 Å². The molecule has 29 heavy (non-hydrogen) atoms. The number of hydrogen-bond acceptors (Lipinski definition) is 5. The first-order chi connectivity index (χ1) is 13.6. The van der Waals surface area contributed by atoms with Gasteiger partial charge in [-0.15, -0.1) is 0 Å². The molecule has 156 valence electrons. The number of benzene rings is 1. The van der Waals surface area contributed by atoms with Crippen LogP contribution in [0.5, 0.6) is 5.75 Å². The van der Waals surface area contributed by atoms with Crippen LogP contribution in [0.15, 0.2) is 21.3 Å². The summed E-state index contributed by atoms with van der Waals surface area (Å²) in [5, 5.41) is 12.5. The maximum atomic E-state index is 12.5. The van der Waals surface area contributed by atoms with E-state index in [0.717, 1.165) is 23.8 Å². The molecule has 7 nitrogen and oxygen atoms in total. The standard InChI is InChI=1S/C22H27NO6/c1-5-6-16(20(25)26)23-19(24)10-15-12(2)14-9-13-7-8-22(3,4)29-17(13)11-18(14)28-21(15)27/h9,11,16H,5-8,10H2,1-4H3,(H,23,24)(H,25,26)/t16-/m1/s1. The van der Waals surface area contributed by atoms with Crippen LogP contribution in [0.3, 0.4) is 0 Å². The Labute approximate surface area is 169 Å². The van der Waals surface area contributed by atoms with E-state index in [2.05, 4.69) is 5.32 Å². The summed E-state index contributed by atoms with van der Waals surface area (Å²) >= 11 is 0. The van der Waals surface area contributed by atoms with Crippen LogP contribution in [0.1, 0.15) is 56.7 Å². The van der Waals surface area contributed by atoms with Crippen molar-refractivity contribution in [3.05, 3.63) is 39.2 Å². The lowest BCUT2D eigenvalue weighted by Gasteiger charge is -2.32. The first kappa shape index (κ1) is 20.9. The van der Waals surface area contributed by atoms with Gasteiger partial charge >= 0.3 is 11.6 Å². The van der Waals surface area contributed by atoms with E-state index in [4.69, 9.17) is 9.15 Å². The first-order valence-corrected chi connectivity index (χ1v) is 9.91. The molecule has 0 saturated heterocycles. The third-order valence-electron chi connectivity index (χ3n) is 5.40. The number of carbonyl (C=O) groups is 2. The third-order valence-corrected chi connectivity index (χ3v) is 5.40. The van der Waals surface area contributed by atoms with Crippen LogP contribution in [-0.2, 0) is 22.4 Å². The maximum Gasteiger partial charge on any atom is 0.340 e. The van der Waals surface area contributed by atoms with Crippen molar-refractivity contribution < 1.29 is 23.8 Å². The Kier molecular flexibility index (Phi) is 5.68. The summed E-state index contributed by atoms with van der Waals surface area (Å²) in [5.41, 5.74) is 1.50. The Bertz CT molecular complexity index is 1020. The highest BCUT2D eigenvalue weighted by Gasteiger charge is 2.28. The Hall–Kier alpha value is -2.83. The largest absolute Gasteiger partial charge is 0.487 e. The van der Waals surface area contributed by atoms with Crippen molar-refractivity contribution in [2.24, 2.45) is 0 Å². The second-order valence-corrected chi connectivity index (χ2v) is 8.23. The molecule has 1 aromatic carbocycles. The predicted molar refractivity (Wildman–Crippen MR) is 108 cm³/mol. The van der Waals surface area contributed by atoms with Crippen LogP contribution < -0.4 is 15.7 Å². The molecule has 1 aromatic heterocycles. The van der Waals surface area contributed by atoms with Crippen LogP contribution in [0.4, 0.5) is 0 Å². The number of carboxylic acids is 1. The topological polar surface area (TPSA) is 106 Å². The minimum absolute atomic E-state index is 0.224. The number of aryl methyl sites for hydroxylation is 2. The molecular formula is C22H27NO6. The predicted octanol–water partition coefficient (Wildman–Crippen LogP) is 3.12. The van der Waals surface area contributed by atoms with Crippen LogP contribution in [0, 0.1) is 6.92 Å². The van der Waals surface area contributed by atoms with Gasteiger partial charge in [0.1, 0.15) is 23.0 Å². The molecular weight excluding hydrogens is 374 g/mol. The molecule has 1 aliphatic rings. The number of hydrogen-bond donors (Lipinski definition) is 2. The van der Waals surface area contributed by atoms with Crippen molar-refractivity contribution in [3.8, 4) is 5.75 Å². The second kappa shape index (κ2) is 7.89. The molecule has 0 aliphatic carbocycles. The Morgan fingerprint density at radius 3 is 2.69 bits per heavy atom. The van der Waals surface area contributed by atoms with E-state index < -0.39 is 23.5 Å². The Morgan fingerprint density at radius 2 is 2.03 bits per heavy atom. The third kappa shape index (κ3) is 4.44. The zero-order valence-electron chi connectivity index (χ0n) is 17.3. The summed E-state index contributed by atoms with van der Waals surface area (Å²) in [6, 6.07) is 2.73. The fraction of sp³-hybridized carbons (Fsp3) is 0.500. The molecule has 1 aliphatic heterocycles. The Morgan fingerprint density at radius 1 is 1.31 bits per heavy atom. The highest BCUT2D eigenvalue weighted by atomic mass is 16.5. The van der Waals surface area contributed by atoms with Crippen molar-refractivity contribution in [1.29, 1.82) is 0 Å². The monoisotopic (exact) mass is 401 g/mol. The van der Waals surface area contributed by atoms with Crippen LogP contribution >= 0.6 is 0 Å². The summed E-state index contributed by atoms with van der Waals surface area (Å²) in [7, 11) is 0. The number of amides is 1. The molecule has 0 fully saturated rings. The average molecular weight is 401 g/mol. The summed E-state index contributed by atoms with van der Waals surface area (Å²) in [6.07, 6.45) is 2.46. The van der Waals surface area contributed by atoms with Gasteiger partial charge in [-0.2, -0.15) is 0 Å². The van der Waals surface area contributed by atoms with E-state index in [1.165, 1.54) is 0 Å². The van der Waals surface area contributed by atoms with E-state index in [-0.39, 0.29) is 17.6 Å². The normalized spacial score (nSPS) is 16.0. The van der Waals surface area contributed by atoms with Crippen molar-refractivity contribution in [1.82, 2.24) is 5.32 Å². The van der Waals surface area contributed by atoms with Gasteiger partial charge in [0.05, 0.1) is 12.0 Å². The second-order valence-electron chi connectivity index (χ2n) is 8.23. The number of carbonyl (C=O) groups excluding carboxylic acids is 1. The SMILES string of the molecule is CCC[C@@H](NC(=O)Cc1c(C)c2cc3c(cc2oc1=O)OC(C)(C)CC3)C(=O)O. The summed E-state index contributed by atoms with van der Waals surface area (Å²) in [6.45, 7) is 7.66. The van der Waals surface area contributed by atoms with Gasteiger partial charge in [0, 0.05) is 11.5 Å². The molecule has 2 N–H and O–H groups in total. The van der Waals surface area contributed by atoms with Crippen molar-refractivity contribution in [2.45, 2.75) is 71.4 Å². The van der Waals surface area contributed by atoms with E-state index in [9.17, 15) is 19.5 Å². The number of carboxylic acid groups (broad SMARTS) is 1. The number of rotatable bonds is 6. The van der Waals surface area contributed by atoms with Crippen molar-refractivity contribution in [2.75, 3.05) is 0 Å². The number of aliphatic carboxylic acids is 1. The molecule has 1 atom stereocenters. The summed E-state index contributed by atoms with van der Waals surface area (Å²) < 4.78 is 11.5. The maximum absolute atomic E-state index is 12.5. The Balaban J connectivity index is 1.92. The van der Waals surface area contributed by atoms with E-state index >= 15 is 0 Å². The van der Waals surface area contributed by atoms with Gasteiger partial charge in [0.2, 0.25) is 5.91 Å². The van der Waals surface area contributed by atoms with Crippen LogP contribution in [0.25, 0.3) is 11.0 Å². The van der Waals surface area contributed by atoms with Gasteiger partial charge in [0.15, 0.2) is 0 Å². The molecule has 2 heterocycles. The minimum atomic E-state index is -1.09. The highest BCUT2D eigenvalue weighted by Crippen LogP contribution is 2.36. The van der Waals surface area contributed by atoms with Crippen molar-refractivity contribution in [3.63, 3.8) is 0 Å². The molecule has 1 amide bonds. The molecule has 0 saturated carbocycles. The number of ether oxygens (including phenoxy) is 1. The van der Waals surface area contributed by atoms with Gasteiger partial charge < -0.3 is 19.6 Å². The van der Waals surface area contributed by atoms with Crippen LogP contribution in [-0.4, -0.2) is 28.6 Å². The molecule has 2 aromatic rings. The lowest BCUT2D eigenvalue weighted by Crippen LogP contribution is -2.41. The van der Waals surface area contributed by atoms with Gasteiger partial charge in [-0.1, -0.05) is 13.3 Å². The fourth-order valence-corrected chi connectivity index (χ4v) is 3.69. The minimum Gasteiger partial charge on any atom is -0.487 e. The molecule has 0 spiro atoms. The quantitative estimate of drug-likeness (QED) is 0.721. The van der Waals surface area contributed by atoms with Gasteiger partial charge in [-0.05, 0) is 57.2 Å². The zero-order valence-corrected chi connectivity index (χ0v) is 17.3. The smallest absolute Gasteiger partial charge is 0.340 e. The molecule has 0 unspecified atom stereocenters. The molecule has 0 bridgehead atoms. The molecule has 0 radical (unpaired) electrons. The lowest BCUT2D eigenvalue weighted by molar-refractivity contribution is -0.141. The highest BCUT2D eigenvalue weighted by molar-refractivity contribution is 5.88. The van der Waals surface area contributed by atoms with E-state index in [1.54, 1.807) is 13.0 Å². The van der Waals surface area contributed by atoms with Crippen LogP contribution in [0.2, 0.25) is 0 Å². The average Bonchev–Trinajstić information content (AvgIpc) is 2.63. The lowest BCUT2D eigenvalue weighted by atomic mass is 9.92. The van der Waals surface area contributed by atoms with Gasteiger partial charge in [-0.3, -0.25) is 4.79 Å². The summed E-state index contributed by atoms with van der Waals surface area (Å²) in [5.74, 6) is -0.883. The van der Waals surface area contributed by atoms with E-state index in [1.807, 2.05) is 26.8 Å². The number of nitrogens with one attached hydrogen (secondary N) is 1. The summed E-state index contributed by atoms with van der Waals surface area (Å²) in [4.78, 5) is 36.2. The van der Waals surface area contributed by atoms with E-state index in [0.29, 0.717) is 29.7 Å².